The van der Waals surface area contributed by atoms with Gasteiger partial charge in [0, 0.05) is 18.0 Å². The van der Waals surface area contributed by atoms with Crippen molar-refractivity contribution in [2.45, 2.75) is 32.9 Å². The van der Waals surface area contributed by atoms with Crippen molar-refractivity contribution in [3.63, 3.8) is 0 Å². The molecule has 3 nitrogen and oxygen atoms in total. The first kappa shape index (κ1) is 13.5. The second kappa shape index (κ2) is 6.89. The first-order valence-electron chi connectivity index (χ1n) is 5.38. The van der Waals surface area contributed by atoms with E-state index < -0.39 is 0 Å². The summed E-state index contributed by atoms with van der Waals surface area (Å²) >= 11 is 7.35. The summed E-state index contributed by atoms with van der Waals surface area (Å²) in [6, 6.07) is 3.66. The number of halogens is 1. The van der Waals surface area contributed by atoms with Crippen molar-refractivity contribution in [2.75, 3.05) is 6.54 Å². The van der Waals surface area contributed by atoms with Gasteiger partial charge < -0.3 is 10.6 Å². The molecular weight excluding hydrogens is 244 g/mol. The molecule has 1 aromatic rings. The Labute approximate surface area is 105 Å². The predicted molar refractivity (Wildman–Crippen MR) is 68.9 cm³/mol. The molecule has 0 bridgehead atoms. The fourth-order valence-electron chi connectivity index (χ4n) is 1.19. The first-order valence-corrected chi connectivity index (χ1v) is 6.58. The van der Waals surface area contributed by atoms with E-state index in [2.05, 4.69) is 10.6 Å². The molecule has 0 aromatic carbocycles. The van der Waals surface area contributed by atoms with Crippen molar-refractivity contribution in [1.82, 2.24) is 10.6 Å². The lowest BCUT2D eigenvalue weighted by molar-refractivity contribution is -0.122. The van der Waals surface area contributed by atoms with Gasteiger partial charge in [-0.05, 0) is 25.5 Å². The molecule has 0 aliphatic rings. The maximum atomic E-state index is 11.5. The Balaban J connectivity index is 2.29. The largest absolute Gasteiger partial charge is 0.355 e. The highest BCUT2D eigenvalue weighted by Crippen LogP contribution is 2.21. The quantitative estimate of drug-likeness (QED) is 0.825. The van der Waals surface area contributed by atoms with Gasteiger partial charge >= 0.3 is 0 Å². The molecule has 0 fully saturated rings. The molecule has 1 atom stereocenters. The average molecular weight is 261 g/mol. The lowest BCUT2D eigenvalue weighted by Gasteiger charge is -2.12. The minimum absolute atomic E-state index is 0.0458. The molecule has 16 heavy (non-hydrogen) atoms. The Hall–Kier alpha value is -0.580. The zero-order valence-corrected chi connectivity index (χ0v) is 11.1. The van der Waals surface area contributed by atoms with E-state index in [4.69, 9.17) is 11.6 Å². The van der Waals surface area contributed by atoms with Gasteiger partial charge in [0.2, 0.25) is 5.91 Å². The van der Waals surface area contributed by atoms with E-state index in [1.54, 1.807) is 0 Å². The van der Waals surface area contributed by atoms with Crippen molar-refractivity contribution < 1.29 is 4.79 Å². The van der Waals surface area contributed by atoms with Crippen LogP contribution in [0.3, 0.4) is 0 Å². The molecule has 1 aromatic heterocycles. The molecule has 1 unspecified atom stereocenters. The first-order chi connectivity index (χ1) is 7.63. The van der Waals surface area contributed by atoms with Crippen LogP contribution in [0.4, 0.5) is 0 Å². The van der Waals surface area contributed by atoms with Crippen LogP contribution in [-0.4, -0.2) is 18.5 Å². The number of rotatable bonds is 6. The summed E-state index contributed by atoms with van der Waals surface area (Å²) in [5.41, 5.74) is 0. The number of carbonyl (C=O) groups is 1. The van der Waals surface area contributed by atoms with E-state index >= 15 is 0 Å². The van der Waals surface area contributed by atoms with Crippen LogP contribution < -0.4 is 10.6 Å². The summed E-state index contributed by atoms with van der Waals surface area (Å²) in [4.78, 5) is 12.7. The van der Waals surface area contributed by atoms with Crippen LogP contribution in [0, 0.1) is 0 Å². The van der Waals surface area contributed by atoms with Crippen LogP contribution in [0.25, 0.3) is 0 Å². The van der Waals surface area contributed by atoms with Crippen LogP contribution in [0.15, 0.2) is 12.1 Å². The molecule has 0 spiro atoms. The number of hydrogen-bond donors (Lipinski definition) is 2. The van der Waals surface area contributed by atoms with E-state index in [9.17, 15) is 4.79 Å². The minimum atomic E-state index is -0.174. The number of thiophene rings is 1. The Morgan fingerprint density at radius 2 is 2.31 bits per heavy atom. The van der Waals surface area contributed by atoms with Gasteiger partial charge in [0.15, 0.2) is 0 Å². The van der Waals surface area contributed by atoms with Gasteiger partial charge in [-0.25, -0.2) is 0 Å². The standard InChI is InChI=1S/C11H17ClN2OS/c1-3-6-13-11(15)8(2)14-7-9-4-5-10(12)16-9/h4-5,8,14H,3,6-7H2,1-2H3,(H,13,15). The van der Waals surface area contributed by atoms with Crippen molar-refractivity contribution in [3.8, 4) is 0 Å². The number of nitrogens with one attached hydrogen (secondary N) is 2. The van der Waals surface area contributed by atoms with Crippen molar-refractivity contribution >= 4 is 28.8 Å². The van der Waals surface area contributed by atoms with Gasteiger partial charge in [0.1, 0.15) is 0 Å². The molecular formula is C11H17ClN2OS. The molecule has 1 heterocycles. The third-order valence-electron chi connectivity index (χ3n) is 2.15. The summed E-state index contributed by atoms with van der Waals surface area (Å²) in [7, 11) is 0. The monoisotopic (exact) mass is 260 g/mol. The topological polar surface area (TPSA) is 41.1 Å². The van der Waals surface area contributed by atoms with Gasteiger partial charge in [-0.15, -0.1) is 11.3 Å². The molecule has 1 amide bonds. The summed E-state index contributed by atoms with van der Waals surface area (Å²) in [5.74, 6) is 0.0458. The summed E-state index contributed by atoms with van der Waals surface area (Å²) in [6.45, 7) is 5.31. The second-order valence-electron chi connectivity index (χ2n) is 3.60. The maximum Gasteiger partial charge on any atom is 0.236 e. The van der Waals surface area contributed by atoms with Crippen molar-refractivity contribution in [3.05, 3.63) is 21.3 Å². The van der Waals surface area contributed by atoms with Crippen molar-refractivity contribution in [2.24, 2.45) is 0 Å². The lowest BCUT2D eigenvalue weighted by atomic mass is 10.3. The molecule has 90 valence electrons. The van der Waals surface area contributed by atoms with E-state index in [0.29, 0.717) is 6.54 Å². The third kappa shape index (κ3) is 4.51. The maximum absolute atomic E-state index is 11.5. The van der Waals surface area contributed by atoms with E-state index in [1.807, 2.05) is 26.0 Å². The summed E-state index contributed by atoms with van der Waals surface area (Å²) in [6.07, 6.45) is 0.957. The second-order valence-corrected chi connectivity index (χ2v) is 5.40. The molecule has 0 saturated carbocycles. The Morgan fingerprint density at radius 3 is 2.88 bits per heavy atom. The predicted octanol–water partition coefficient (Wildman–Crippen LogP) is 2.41. The fraction of sp³-hybridized carbons (Fsp3) is 0.545. The molecule has 2 N–H and O–H groups in total. The van der Waals surface area contributed by atoms with Gasteiger partial charge in [0.05, 0.1) is 10.4 Å². The highest BCUT2D eigenvalue weighted by atomic mass is 35.5. The van der Waals surface area contributed by atoms with Crippen LogP contribution in [0.2, 0.25) is 4.34 Å². The highest BCUT2D eigenvalue weighted by molar-refractivity contribution is 7.16. The molecule has 0 radical (unpaired) electrons. The van der Waals surface area contributed by atoms with Crippen LogP contribution >= 0.6 is 22.9 Å². The summed E-state index contributed by atoms with van der Waals surface area (Å²) < 4.78 is 0.778. The summed E-state index contributed by atoms with van der Waals surface area (Å²) in [5, 5.41) is 6.01. The zero-order valence-electron chi connectivity index (χ0n) is 9.55. The van der Waals surface area contributed by atoms with Crippen molar-refractivity contribution in [1.29, 1.82) is 0 Å². The Bertz CT molecular complexity index is 340. The molecule has 5 heteroatoms. The van der Waals surface area contributed by atoms with Gasteiger partial charge in [-0.3, -0.25) is 4.79 Å². The number of hydrogen-bond acceptors (Lipinski definition) is 3. The molecule has 0 aliphatic heterocycles. The average Bonchev–Trinajstić information content (AvgIpc) is 2.68. The number of carbonyl (C=O) groups excluding carboxylic acids is 1. The van der Waals surface area contributed by atoms with E-state index in [0.717, 1.165) is 22.2 Å². The Morgan fingerprint density at radius 1 is 1.56 bits per heavy atom. The van der Waals surface area contributed by atoms with E-state index in [-0.39, 0.29) is 11.9 Å². The number of amides is 1. The smallest absolute Gasteiger partial charge is 0.236 e. The minimum Gasteiger partial charge on any atom is -0.355 e. The van der Waals surface area contributed by atoms with E-state index in [1.165, 1.54) is 11.3 Å². The SMILES string of the molecule is CCCNC(=O)C(C)NCc1ccc(Cl)s1. The fourth-order valence-corrected chi connectivity index (χ4v) is 2.23. The zero-order chi connectivity index (χ0) is 12.0. The van der Waals surface area contributed by atoms with Crippen LogP contribution in [0.5, 0.6) is 0 Å². The van der Waals surface area contributed by atoms with Gasteiger partial charge in [-0.2, -0.15) is 0 Å². The molecule has 0 saturated heterocycles. The van der Waals surface area contributed by atoms with Crippen LogP contribution in [-0.2, 0) is 11.3 Å². The van der Waals surface area contributed by atoms with Gasteiger partial charge in [-0.1, -0.05) is 18.5 Å². The third-order valence-corrected chi connectivity index (χ3v) is 3.38. The molecule has 1 rings (SSSR count). The lowest BCUT2D eigenvalue weighted by Crippen LogP contribution is -2.41. The van der Waals surface area contributed by atoms with Gasteiger partial charge in [0.25, 0.3) is 0 Å². The Kier molecular flexibility index (Phi) is 5.80. The highest BCUT2D eigenvalue weighted by Gasteiger charge is 2.11. The van der Waals surface area contributed by atoms with Crippen LogP contribution in [0.1, 0.15) is 25.1 Å². The molecule has 0 aliphatic carbocycles. The normalized spacial score (nSPS) is 12.4.